The Balaban J connectivity index is 1.47. The third-order valence-electron chi connectivity index (χ3n) is 7.33. The molecule has 0 spiro atoms. The number of sulfonamides is 1. The zero-order valence-electron chi connectivity index (χ0n) is 22.7. The van der Waals surface area contributed by atoms with Crippen LogP contribution in [0.1, 0.15) is 36.5 Å². The smallest absolute Gasteiger partial charge is 0.264 e. The number of nitrogens with zero attached hydrogens (tertiary/aromatic N) is 3. The fourth-order valence-electron chi connectivity index (χ4n) is 5.10. The molecule has 212 valence electrons. The van der Waals surface area contributed by atoms with Gasteiger partial charge in [-0.3, -0.25) is 9.10 Å². The number of ether oxygens (including phenoxy) is 1. The Bertz CT molecular complexity index is 1660. The van der Waals surface area contributed by atoms with Crippen LogP contribution in [0.5, 0.6) is 5.75 Å². The van der Waals surface area contributed by atoms with Crippen LogP contribution in [0.15, 0.2) is 65.6 Å². The predicted molar refractivity (Wildman–Crippen MR) is 156 cm³/mol. The Morgan fingerprint density at radius 1 is 1.15 bits per heavy atom. The number of amides is 1. The van der Waals surface area contributed by atoms with E-state index in [1.165, 1.54) is 16.4 Å². The first-order valence-electron chi connectivity index (χ1n) is 13.3. The first-order chi connectivity index (χ1) is 19.6. The van der Waals surface area contributed by atoms with Gasteiger partial charge in [0, 0.05) is 25.1 Å². The molecular formula is C31H29ClFN3O4S. The lowest BCUT2D eigenvalue weighted by molar-refractivity contribution is -0.136. The minimum Gasteiger partial charge on any atom is -0.486 e. The number of rotatable bonds is 7. The Labute approximate surface area is 244 Å². The van der Waals surface area contributed by atoms with Gasteiger partial charge in [-0.05, 0) is 73.4 Å². The van der Waals surface area contributed by atoms with Gasteiger partial charge in [0.2, 0.25) is 5.91 Å². The lowest BCUT2D eigenvalue weighted by Crippen LogP contribution is -2.50. The number of hydrogen-bond acceptors (Lipinski definition) is 5. The Morgan fingerprint density at radius 3 is 2.61 bits per heavy atom. The summed E-state index contributed by atoms with van der Waals surface area (Å²) in [5.41, 5.74) is 2.67. The number of anilines is 1. The molecule has 10 heteroatoms. The molecule has 5 rings (SSSR count). The number of fused-ring (bicyclic) bond motifs is 1. The Morgan fingerprint density at radius 2 is 1.90 bits per heavy atom. The summed E-state index contributed by atoms with van der Waals surface area (Å²) in [5.74, 6) is -0.290. The molecule has 0 N–H and O–H groups in total. The van der Waals surface area contributed by atoms with E-state index in [0.29, 0.717) is 42.1 Å². The lowest BCUT2D eigenvalue weighted by Gasteiger charge is -2.37. The number of hydrogen-bond donors (Lipinski definition) is 0. The minimum atomic E-state index is -3.98. The molecule has 1 saturated heterocycles. The molecule has 3 aromatic carbocycles. The average molecular weight is 594 g/mol. The molecule has 2 heterocycles. The average Bonchev–Trinajstić information content (AvgIpc) is 2.91. The maximum Gasteiger partial charge on any atom is 0.264 e. The van der Waals surface area contributed by atoms with Crippen molar-refractivity contribution < 1.29 is 22.3 Å². The number of allylic oxidation sites excluding steroid dienone is 1. The van der Waals surface area contributed by atoms with Crippen LogP contribution in [0.2, 0.25) is 5.02 Å². The van der Waals surface area contributed by atoms with Crippen LogP contribution in [0, 0.1) is 30.0 Å². The van der Waals surface area contributed by atoms with Crippen molar-refractivity contribution in [3.63, 3.8) is 0 Å². The van der Waals surface area contributed by atoms with E-state index < -0.39 is 21.9 Å². The number of nitriles is 1. The van der Waals surface area contributed by atoms with Crippen molar-refractivity contribution in [3.05, 3.63) is 88.2 Å². The number of carbonyl (C=O) groups is 1. The molecule has 7 nitrogen and oxygen atoms in total. The number of halogens is 2. The second-order valence-corrected chi connectivity index (χ2v) is 12.7. The third kappa shape index (κ3) is 5.95. The van der Waals surface area contributed by atoms with Crippen molar-refractivity contribution in [1.82, 2.24) is 4.90 Å². The van der Waals surface area contributed by atoms with Crippen molar-refractivity contribution in [2.75, 3.05) is 23.9 Å². The molecule has 41 heavy (non-hydrogen) atoms. The topological polar surface area (TPSA) is 90.7 Å². The van der Waals surface area contributed by atoms with E-state index in [9.17, 15) is 17.6 Å². The van der Waals surface area contributed by atoms with Gasteiger partial charge in [0.05, 0.1) is 34.1 Å². The third-order valence-corrected chi connectivity index (χ3v) is 9.42. The van der Waals surface area contributed by atoms with Gasteiger partial charge in [-0.1, -0.05) is 41.9 Å². The van der Waals surface area contributed by atoms with E-state index in [0.717, 1.165) is 5.56 Å². The van der Waals surface area contributed by atoms with Gasteiger partial charge in [-0.15, -0.1) is 0 Å². The molecular weight excluding hydrogens is 565 g/mol. The molecule has 0 aliphatic carbocycles. The highest BCUT2D eigenvalue weighted by molar-refractivity contribution is 7.92. The zero-order chi connectivity index (χ0) is 29.3. The molecule has 0 radical (unpaired) electrons. The van der Waals surface area contributed by atoms with Crippen molar-refractivity contribution in [2.24, 2.45) is 5.92 Å². The molecule has 0 unspecified atom stereocenters. The highest BCUT2D eigenvalue weighted by Gasteiger charge is 2.36. The van der Waals surface area contributed by atoms with Gasteiger partial charge >= 0.3 is 0 Å². The molecule has 2 aliphatic heterocycles. The van der Waals surface area contributed by atoms with Gasteiger partial charge in [0.25, 0.3) is 10.0 Å². The first-order valence-corrected chi connectivity index (χ1v) is 15.1. The summed E-state index contributed by atoms with van der Waals surface area (Å²) in [4.78, 5) is 14.4. The fourth-order valence-corrected chi connectivity index (χ4v) is 7.02. The van der Waals surface area contributed by atoms with E-state index in [2.05, 4.69) is 6.07 Å². The van der Waals surface area contributed by atoms with Crippen LogP contribution < -0.4 is 9.04 Å². The molecule has 3 aromatic rings. The van der Waals surface area contributed by atoms with Gasteiger partial charge in [-0.25, -0.2) is 12.8 Å². The number of aryl methyl sites for hydroxylation is 1. The molecule has 0 saturated carbocycles. The monoisotopic (exact) mass is 593 g/mol. The Hall–Kier alpha value is -3.87. The normalized spacial score (nSPS) is 17.3. The summed E-state index contributed by atoms with van der Waals surface area (Å²) < 4.78 is 49.9. The highest BCUT2D eigenvalue weighted by Crippen LogP contribution is 2.40. The summed E-state index contributed by atoms with van der Waals surface area (Å²) in [6.07, 6.45) is 1.69. The molecule has 0 bridgehead atoms. The maximum atomic E-state index is 14.5. The number of likely N-dealkylation sites (tertiary alicyclic amines) is 1. The SMILES string of the molecule is C/C(=C\c1ccc2c(c1)N(S(=O)(=O)c1cccc(C)c1)C[C@H](CCC(=O)N1CC(C#N)C1)O2)c1c(F)cccc1Cl. The van der Waals surface area contributed by atoms with Crippen LogP contribution in [-0.4, -0.2) is 45.0 Å². The van der Waals surface area contributed by atoms with Crippen molar-refractivity contribution in [1.29, 1.82) is 5.26 Å². The summed E-state index contributed by atoms with van der Waals surface area (Å²) in [6, 6.07) is 18.5. The fraction of sp³-hybridized carbons (Fsp3) is 0.290. The summed E-state index contributed by atoms with van der Waals surface area (Å²) in [6.45, 7) is 4.43. The second-order valence-electron chi connectivity index (χ2n) is 10.4. The summed E-state index contributed by atoms with van der Waals surface area (Å²) >= 11 is 6.25. The summed E-state index contributed by atoms with van der Waals surface area (Å²) in [7, 11) is -3.98. The van der Waals surface area contributed by atoms with Crippen LogP contribution in [0.3, 0.4) is 0 Å². The van der Waals surface area contributed by atoms with E-state index in [4.69, 9.17) is 21.6 Å². The quantitative estimate of drug-likeness (QED) is 0.310. The van der Waals surface area contributed by atoms with E-state index in [-0.39, 0.29) is 40.3 Å². The molecule has 1 amide bonds. The highest BCUT2D eigenvalue weighted by atomic mass is 35.5. The first kappa shape index (κ1) is 28.7. The standard InChI is InChI=1S/C31H29ClFN3O4S/c1-20-5-3-6-25(13-20)41(38,39)36-19-24(10-12-30(37)35-17-23(16-34)18-35)40-29-11-9-22(15-28(29)36)14-21(2)31-26(32)7-4-8-27(31)33/h3-9,11,13-15,23-24H,10,12,17-19H2,1-2H3/b21-14+/t24-/m0/s1. The number of benzene rings is 3. The van der Waals surface area contributed by atoms with Crippen molar-refractivity contribution in [3.8, 4) is 11.8 Å². The van der Waals surface area contributed by atoms with E-state index in [1.54, 1.807) is 60.4 Å². The van der Waals surface area contributed by atoms with Gasteiger partial charge < -0.3 is 9.64 Å². The van der Waals surface area contributed by atoms with Crippen LogP contribution >= 0.6 is 11.6 Å². The molecule has 0 aromatic heterocycles. The van der Waals surface area contributed by atoms with Crippen LogP contribution in [0.4, 0.5) is 10.1 Å². The van der Waals surface area contributed by atoms with E-state index >= 15 is 0 Å². The van der Waals surface area contributed by atoms with Crippen molar-refractivity contribution in [2.45, 2.75) is 37.7 Å². The second kappa shape index (κ2) is 11.6. The van der Waals surface area contributed by atoms with Crippen LogP contribution in [0.25, 0.3) is 11.6 Å². The minimum absolute atomic E-state index is 0.0165. The maximum absolute atomic E-state index is 14.5. The molecule has 1 fully saturated rings. The van der Waals surface area contributed by atoms with Gasteiger partial charge in [0.15, 0.2) is 0 Å². The van der Waals surface area contributed by atoms with Gasteiger partial charge in [0.1, 0.15) is 17.7 Å². The lowest BCUT2D eigenvalue weighted by atomic mass is 10.0. The van der Waals surface area contributed by atoms with Crippen LogP contribution in [-0.2, 0) is 14.8 Å². The largest absolute Gasteiger partial charge is 0.486 e. The van der Waals surface area contributed by atoms with Gasteiger partial charge in [-0.2, -0.15) is 5.26 Å². The van der Waals surface area contributed by atoms with Crippen molar-refractivity contribution >= 4 is 44.9 Å². The summed E-state index contributed by atoms with van der Waals surface area (Å²) in [5, 5.41) is 9.26. The zero-order valence-corrected chi connectivity index (χ0v) is 24.3. The molecule has 1 atom stereocenters. The molecule has 2 aliphatic rings. The Kier molecular flexibility index (Phi) is 8.07. The number of carbonyl (C=O) groups excluding carboxylic acids is 1. The van der Waals surface area contributed by atoms with E-state index in [1.807, 2.05) is 13.0 Å². The predicted octanol–water partition coefficient (Wildman–Crippen LogP) is 6.07.